The number of hydrogen-bond acceptors (Lipinski definition) is 4. The molecule has 0 aliphatic carbocycles. The highest BCUT2D eigenvalue weighted by molar-refractivity contribution is 7.89. The maximum Gasteiger partial charge on any atom is 0.244 e. The van der Waals surface area contributed by atoms with Crippen molar-refractivity contribution in [3.05, 3.63) is 65.7 Å². The molecular weight excluding hydrogens is 350 g/mol. The van der Waals surface area contributed by atoms with E-state index in [1.807, 2.05) is 37.3 Å². The Bertz CT molecular complexity index is 834. The Kier molecular flexibility index (Phi) is 5.86. The second-order valence-electron chi connectivity index (χ2n) is 6.58. The first-order valence-corrected chi connectivity index (χ1v) is 10.1. The monoisotopic (exact) mass is 373 g/mol. The zero-order valence-corrected chi connectivity index (χ0v) is 15.6. The third-order valence-corrected chi connectivity index (χ3v) is 6.65. The highest BCUT2D eigenvalue weighted by Gasteiger charge is 2.42. The van der Waals surface area contributed by atoms with E-state index in [1.54, 1.807) is 24.3 Å². The molecule has 0 saturated carbocycles. The predicted octanol–water partition coefficient (Wildman–Crippen LogP) is 2.93. The van der Waals surface area contributed by atoms with Crippen LogP contribution in [-0.4, -0.2) is 37.7 Å². The number of carbonyl (C=O) groups is 1. The van der Waals surface area contributed by atoms with E-state index in [9.17, 15) is 13.2 Å². The normalized spacial score (nSPS) is 21.0. The van der Waals surface area contributed by atoms with E-state index in [0.717, 1.165) is 17.4 Å². The predicted molar refractivity (Wildman–Crippen MR) is 99.2 cm³/mol. The Labute approximate surface area is 154 Å². The van der Waals surface area contributed by atoms with Crippen LogP contribution in [0.5, 0.6) is 0 Å². The van der Waals surface area contributed by atoms with Crippen LogP contribution in [0.15, 0.2) is 59.5 Å². The summed E-state index contributed by atoms with van der Waals surface area (Å²) in [5, 5.41) is 0. The first-order valence-electron chi connectivity index (χ1n) is 8.69. The van der Waals surface area contributed by atoms with E-state index in [4.69, 9.17) is 4.74 Å². The van der Waals surface area contributed by atoms with Crippen LogP contribution in [0, 0.1) is 6.92 Å². The van der Waals surface area contributed by atoms with Crippen molar-refractivity contribution < 1.29 is 17.9 Å². The van der Waals surface area contributed by atoms with Crippen molar-refractivity contribution in [3.8, 4) is 0 Å². The van der Waals surface area contributed by atoms with Crippen LogP contribution in [0.3, 0.4) is 0 Å². The zero-order chi connectivity index (χ0) is 18.6. The second-order valence-corrected chi connectivity index (χ2v) is 8.43. The largest absolute Gasteiger partial charge is 0.375 e. The van der Waals surface area contributed by atoms with Crippen molar-refractivity contribution in [3.63, 3.8) is 0 Å². The van der Waals surface area contributed by atoms with Gasteiger partial charge < -0.3 is 9.53 Å². The number of aryl methyl sites for hydroxylation is 1. The van der Waals surface area contributed by atoms with E-state index in [1.165, 1.54) is 4.31 Å². The van der Waals surface area contributed by atoms with Crippen LogP contribution in [0.2, 0.25) is 0 Å². The van der Waals surface area contributed by atoms with Crippen LogP contribution in [0.25, 0.3) is 0 Å². The maximum atomic E-state index is 13.1. The summed E-state index contributed by atoms with van der Waals surface area (Å²) in [7, 11) is -3.74. The lowest BCUT2D eigenvalue weighted by molar-refractivity contribution is -0.110. The van der Waals surface area contributed by atoms with E-state index >= 15 is 0 Å². The number of benzene rings is 2. The van der Waals surface area contributed by atoms with Crippen molar-refractivity contribution in [2.24, 2.45) is 0 Å². The van der Waals surface area contributed by atoms with Gasteiger partial charge >= 0.3 is 0 Å². The topological polar surface area (TPSA) is 63.7 Å². The molecule has 6 heteroatoms. The molecule has 1 aliphatic rings. The number of ether oxygens (including phenoxy) is 1. The summed E-state index contributed by atoms with van der Waals surface area (Å²) in [5.74, 6) is 0. The minimum Gasteiger partial charge on any atom is -0.375 e. The van der Waals surface area contributed by atoms with Gasteiger partial charge in [-0.05, 0) is 37.5 Å². The summed E-state index contributed by atoms with van der Waals surface area (Å²) in [6, 6.07) is 15.5. The number of nitrogens with zero attached hydrogens (tertiary/aromatic N) is 1. The summed E-state index contributed by atoms with van der Waals surface area (Å²) in [6.07, 6.45) is 1.86. The van der Waals surface area contributed by atoms with E-state index < -0.39 is 16.1 Å². The summed E-state index contributed by atoms with van der Waals surface area (Å²) in [6.45, 7) is 2.59. The van der Waals surface area contributed by atoms with Gasteiger partial charge in [-0.2, -0.15) is 4.31 Å². The number of hydrogen-bond donors (Lipinski definition) is 0. The first-order chi connectivity index (χ1) is 12.5. The molecular formula is C20H23NO4S. The van der Waals surface area contributed by atoms with Crippen molar-refractivity contribution >= 4 is 16.3 Å². The molecule has 0 N–H and O–H groups in total. The van der Waals surface area contributed by atoms with Crippen molar-refractivity contribution in [1.29, 1.82) is 0 Å². The molecule has 0 amide bonds. The summed E-state index contributed by atoms with van der Waals surface area (Å²) in [5.41, 5.74) is 2.02. The van der Waals surface area contributed by atoms with Crippen molar-refractivity contribution in [1.82, 2.24) is 4.31 Å². The molecule has 2 aromatic carbocycles. The summed E-state index contributed by atoms with van der Waals surface area (Å²) >= 11 is 0. The van der Waals surface area contributed by atoms with Crippen molar-refractivity contribution in [2.75, 3.05) is 6.61 Å². The molecule has 2 atom stereocenters. The third-order valence-electron chi connectivity index (χ3n) is 4.66. The molecule has 5 nitrogen and oxygen atoms in total. The molecule has 0 radical (unpaired) electrons. The van der Waals surface area contributed by atoms with Gasteiger partial charge in [-0.25, -0.2) is 8.42 Å². The molecule has 2 aromatic rings. The van der Waals surface area contributed by atoms with Gasteiger partial charge in [-0.3, -0.25) is 0 Å². The molecule has 1 heterocycles. The molecule has 3 rings (SSSR count). The smallest absolute Gasteiger partial charge is 0.244 e. The highest BCUT2D eigenvalue weighted by Crippen LogP contribution is 2.30. The fourth-order valence-electron chi connectivity index (χ4n) is 3.27. The van der Waals surface area contributed by atoms with Gasteiger partial charge in [0, 0.05) is 6.04 Å². The van der Waals surface area contributed by atoms with Gasteiger partial charge in [0.1, 0.15) is 6.29 Å². The van der Waals surface area contributed by atoms with Crippen molar-refractivity contribution in [2.45, 2.75) is 43.4 Å². The van der Waals surface area contributed by atoms with E-state index in [2.05, 4.69) is 0 Å². The Morgan fingerprint density at radius 2 is 1.77 bits per heavy atom. The van der Waals surface area contributed by atoms with Crippen LogP contribution in [0.4, 0.5) is 0 Å². The maximum absolute atomic E-state index is 13.1. The third kappa shape index (κ3) is 4.03. The minimum absolute atomic E-state index is 0.213. The summed E-state index contributed by atoms with van der Waals surface area (Å²) in [4.78, 5) is 11.7. The van der Waals surface area contributed by atoms with Gasteiger partial charge in [0.15, 0.2) is 0 Å². The molecule has 1 saturated heterocycles. The molecule has 0 unspecified atom stereocenters. The Morgan fingerprint density at radius 3 is 2.42 bits per heavy atom. The SMILES string of the molecule is Cc1ccc(S(=O)(=O)N2[C@@H](COCc3ccccc3)CC[C@H]2C=O)cc1. The molecule has 0 bridgehead atoms. The Hall–Kier alpha value is -2.02. The molecule has 26 heavy (non-hydrogen) atoms. The lowest BCUT2D eigenvalue weighted by Crippen LogP contribution is -2.43. The average Bonchev–Trinajstić information content (AvgIpc) is 3.07. The lowest BCUT2D eigenvalue weighted by atomic mass is 10.2. The number of rotatable bonds is 7. The average molecular weight is 373 g/mol. The van der Waals surface area contributed by atoms with Gasteiger partial charge in [0.2, 0.25) is 10.0 Å². The number of aldehydes is 1. The standard InChI is InChI=1S/C20H23NO4S/c1-16-7-11-20(12-8-16)26(23,24)21-18(13-22)9-10-19(21)15-25-14-17-5-3-2-4-6-17/h2-8,11-13,18-19H,9-10,14-15H2,1H3/t18-,19+/m0/s1. The fourth-order valence-corrected chi connectivity index (χ4v) is 5.06. The fraction of sp³-hybridized carbons (Fsp3) is 0.350. The number of carbonyl (C=O) groups excluding carboxylic acids is 1. The van der Waals surface area contributed by atoms with Gasteiger partial charge in [0.05, 0.1) is 24.2 Å². The highest BCUT2D eigenvalue weighted by atomic mass is 32.2. The Balaban J connectivity index is 1.75. The van der Waals surface area contributed by atoms with Crippen LogP contribution in [-0.2, 0) is 26.2 Å². The van der Waals surface area contributed by atoms with Crippen LogP contribution in [0.1, 0.15) is 24.0 Å². The first kappa shape index (κ1) is 18.8. The molecule has 1 aliphatic heterocycles. The van der Waals surface area contributed by atoms with E-state index in [0.29, 0.717) is 19.4 Å². The minimum atomic E-state index is -3.74. The number of sulfonamides is 1. The lowest BCUT2D eigenvalue weighted by Gasteiger charge is -2.27. The van der Waals surface area contributed by atoms with Crippen LogP contribution >= 0.6 is 0 Å². The molecule has 0 spiro atoms. The van der Waals surface area contributed by atoms with Gasteiger partial charge in [0.25, 0.3) is 0 Å². The molecule has 138 valence electrons. The zero-order valence-electron chi connectivity index (χ0n) is 14.7. The van der Waals surface area contributed by atoms with Gasteiger partial charge in [-0.15, -0.1) is 0 Å². The van der Waals surface area contributed by atoms with E-state index in [-0.39, 0.29) is 17.5 Å². The van der Waals surface area contributed by atoms with Gasteiger partial charge in [-0.1, -0.05) is 48.0 Å². The quantitative estimate of drug-likeness (QED) is 0.700. The Morgan fingerprint density at radius 1 is 1.08 bits per heavy atom. The summed E-state index contributed by atoms with van der Waals surface area (Å²) < 4.78 is 33.2. The molecule has 1 fully saturated rings. The molecule has 0 aromatic heterocycles. The van der Waals surface area contributed by atoms with Crippen LogP contribution < -0.4 is 0 Å². The second kappa shape index (κ2) is 8.12.